The van der Waals surface area contributed by atoms with Crippen molar-refractivity contribution in [2.45, 2.75) is 19.4 Å². The molecule has 11 heavy (non-hydrogen) atoms. The van der Waals surface area contributed by atoms with Gasteiger partial charge in [-0.15, -0.1) is 0 Å². The lowest BCUT2D eigenvalue weighted by molar-refractivity contribution is -0.119. The average molecular weight is 177 g/mol. The van der Waals surface area contributed by atoms with Crippen molar-refractivity contribution in [3.05, 3.63) is 0 Å². The molecule has 0 aliphatic heterocycles. The van der Waals surface area contributed by atoms with E-state index in [1.165, 1.54) is 11.8 Å². The minimum absolute atomic E-state index is 0.00148. The first kappa shape index (κ1) is 10.8. The Morgan fingerprint density at radius 1 is 1.73 bits per heavy atom. The number of amides is 1. The predicted octanol–water partition coefficient (Wildman–Crippen LogP) is 0.236. The highest BCUT2D eigenvalue weighted by atomic mass is 32.2. The SMILES string of the molecule is CC[C@H](CO)NC(=O)CSC. The van der Waals surface area contributed by atoms with Crippen LogP contribution in [0.3, 0.4) is 0 Å². The largest absolute Gasteiger partial charge is 0.394 e. The molecule has 0 spiro atoms. The fraction of sp³-hybridized carbons (Fsp3) is 0.857. The molecule has 0 unspecified atom stereocenters. The molecule has 0 saturated heterocycles. The molecule has 0 heterocycles. The van der Waals surface area contributed by atoms with Crippen molar-refractivity contribution in [3.8, 4) is 0 Å². The number of aliphatic hydroxyl groups excluding tert-OH is 1. The smallest absolute Gasteiger partial charge is 0.230 e. The van der Waals surface area contributed by atoms with E-state index in [4.69, 9.17) is 5.11 Å². The Hall–Kier alpha value is -0.220. The standard InChI is InChI=1S/C7H15NO2S/c1-3-6(4-9)8-7(10)5-11-2/h6,9H,3-5H2,1-2H3,(H,8,10)/t6-/m1/s1. The molecule has 0 aromatic rings. The topological polar surface area (TPSA) is 49.3 Å². The Bertz CT molecular complexity index is 115. The highest BCUT2D eigenvalue weighted by Gasteiger charge is 2.07. The van der Waals surface area contributed by atoms with E-state index in [0.717, 1.165) is 6.42 Å². The van der Waals surface area contributed by atoms with Crippen LogP contribution >= 0.6 is 11.8 Å². The van der Waals surface area contributed by atoms with Crippen LogP contribution in [0.2, 0.25) is 0 Å². The number of thioether (sulfide) groups is 1. The number of carbonyl (C=O) groups excluding carboxylic acids is 1. The molecule has 66 valence electrons. The average Bonchev–Trinajstić information content (AvgIpc) is 2.01. The summed E-state index contributed by atoms with van der Waals surface area (Å²) in [5.41, 5.74) is 0. The van der Waals surface area contributed by atoms with E-state index in [1.807, 2.05) is 13.2 Å². The van der Waals surface area contributed by atoms with Gasteiger partial charge in [0.2, 0.25) is 5.91 Å². The van der Waals surface area contributed by atoms with Gasteiger partial charge in [0.1, 0.15) is 0 Å². The lowest BCUT2D eigenvalue weighted by Crippen LogP contribution is -2.37. The molecule has 0 radical (unpaired) electrons. The normalized spacial score (nSPS) is 12.6. The zero-order valence-electron chi connectivity index (χ0n) is 6.96. The fourth-order valence-electron chi connectivity index (χ4n) is 0.677. The second-order valence-electron chi connectivity index (χ2n) is 2.29. The lowest BCUT2D eigenvalue weighted by atomic mass is 10.2. The van der Waals surface area contributed by atoms with Crippen LogP contribution in [-0.4, -0.2) is 35.7 Å². The Labute approximate surface area is 71.6 Å². The Morgan fingerprint density at radius 2 is 2.36 bits per heavy atom. The highest BCUT2D eigenvalue weighted by molar-refractivity contribution is 7.99. The fourth-order valence-corrected chi connectivity index (χ4v) is 1.02. The highest BCUT2D eigenvalue weighted by Crippen LogP contribution is 1.93. The molecule has 1 amide bonds. The van der Waals surface area contributed by atoms with E-state index < -0.39 is 0 Å². The number of hydrogen-bond donors (Lipinski definition) is 2. The van der Waals surface area contributed by atoms with Crippen LogP contribution in [0.1, 0.15) is 13.3 Å². The van der Waals surface area contributed by atoms with Crippen molar-refractivity contribution >= 4 is 17.7 Å². The third-order valence-electron chi connectivity index (χ3n) is 1.35. The van der Waals surface area contributed by atoms with Crippen LogP contribution in [-0.2, 0) is 4.79 Å². The van der Waals surface area contributed by atoms with Gasteiger partial charge in [0, 0.05) is 0 Å². The number of aliphatic hydroxyl groups is 1. The van der Waals surface area contributed by atoms with E-state index in [2.05, 4.69) is 5.32 Å². The Kier molecular flexibility index (Phi) is 6.36. The number of rotatable bonds is 5. The summed E-state index contributed by atoms with van der Waals surface area (Å²) in [6.45, 7) is 1.96. The molecule has 0 saturated carbocycles. The Morgan fingerprint density at radius 3 is 2.73 bits per heavy atom. The minimum atomic E-state index is -0.0744. The summed E-state index contributed by atoms with van der Waals surface area (Å²) in [6, 6.07) is -0.0744. The van der Waals surface area contributed by atoms with Crippen molar-refractivity contribution in [1.82, 2.24) is 5.32 Å². The second kappa shape index (κ2) is 6.49. The number of carbonyl (C=O) groups is 1. The van der Waals surface area contributed by atoms with Gasteiger partial charge >= 0.3 is 0 Å². The van der Waals surface area contributed by atoms with Crippen molar-refractivity contribution in [2.75, 3.05) is 18.6 Å². The molecule has 0 fully saturated rings. The maximum atomic E-state index is 10.9. The van der Waals surface area contributed by atoms with Crippen molar-refractivity contribution in [3.63, 3.8) is 0 Å². The number of nitrogens with one attached hydrogen (secondary N) is 1. The maximum Gasteiger partial charge on any atom is 0.230 e. The monoisotopic (exact) mass is 177 g/mol. The van der Waals surface area contributed by atoms with Gasteiger partial charge in [-0.1, -0.05) is 6.92 Å². The summed E-state index contributed by atoms with van der Waals surface area (Å²) >= 11 is 1.48. The molecular formula is C7H15NO2S. The second-order valence-corrected chi connectivity index (χ2v) is 3.15. The quantitative estimate of drug-likeness (QED) is 0.632. The van der Waals surface area contributed by atoms with E-state index in [9.17, 15) is 4.79 Å². The van der Waals surface area contributed by atoms with Crippen LogP contribution < -0.4 is 5.32 Å². The van der Waals surface area contributed by atoms with Crippen LogP contribution in [0.25, 0.3) is 0 Å². The molecule has 0 aromatic heterocycles. The van der Waals surface area contributed by atoms with Gasteiger partial charge in [-0.2, -0.15) is 11.8 Å². The van der Waals surface area contributed by atoms with Crippen LogP contribution in [0.4, 0.5) is 0 Å². The molecule has 0 aliphatic carbocycles. The lowest BCUT2D eigenvalue weighted by Gasteiger charge is -2.12. The first-order valence-corrected chi connectivity index (χ1v) is 5.03. The summed E-state index contributed by atoms with van der Waals surface area (Å²) in [4.78, 5) is 10.9. The van der Waals surface area contributed by atoms with Crippen LogP contribution in [0.5, 0.6) is 0 Å². The molecule has 0 aliphatic rings. The first-order valence-electron chi connectivity index (χ1n) is 3.63. The van der Waals surface area contributed by atoms with Gasteiger partial charge in [-0.3, -0.25) is 4.79 Å². The van der Waals surface area contributed by atoms with Gasteiger partial charge in [0.05, 0.1) is 18.4 Å². The van der Waals surface area contributed by atoms with Crippen molar-refractivity contribution < 1.29 is 9.90 Å². The molecule has 2 N–H and O–H groups in total. The zero-order valence-corrected chi connectivity index (χ0v) is 7.78. The van der Waals surface area contributed by atoms with Crippen molar-refractivity contribution in [2.24, 2.45) is 0 Å². The van der Waals surface area contributed by atoms with Crippen LogP contribution in [0.15, 0.2) is 0 Å². The predicted molar refractivity (Wildman–Crippen MR) is 47.7 cm³/mol. The van der Waals surface area contributed by atoms with Crippen LogP contribution in [0, 0.1) is 0 Å². The molecule has 4 heteroatoms. The summed E-state index contributed by atoms with van der Waals surface area (Å²) in [6.07, 6.45) is 2.65. The third kappa shape index (κ3) is 5.09. The summed E-state index contributed by atoms with van der Waals surface area (Å²) in [5.74, 6) is 0.467. The Balaban J connectivity index is 3.54. The molecule has 1 atom stereocenters. The minimum Gasteiger partial charge on any atom is -0.394 e. The first-order chi connectivity index (χ1) is 5.24. The zero-order chi connectivity index (χ0) is 8.69. The number of hydrogen-bond acceptors (Lipinski definition) is 3. The van der Waals surface area contributed by atoms with Crippen molar-refractivity contribution in [1.29, 1.82) is 0 Å². The van der Waals surface area contributed by atoms with E-state index in [1.54, 1.807) is 0 Å². The van der Waals surface area contributed by atoms with E-state index in [0.29, 0.717) is 5.75 Å². The molecule has 0 rings (SSSR count). The van der Waals surface area contributed by atoms with Gasteiger partial charge in [-0.05, 0) is 12.7 Å². The third-order valence-corrected chi connectivity index (χ3v) is 1.90. The molecule has 0 bridgehead atoms. The van der Waals surface area contributed by atoms with Gasteiger partial charge in [0.25, 0.3) is 0 Å². The molecule has 3 nitrogen and oxygen atoms in total. The summed E-state index contributed by atoms with van der Waals surface area (Å²) < 4.78 is 0. The summed E-state index contributed by atoms with van der Waals surface area (Å²) in [5, 5.41) is 11.4. The van der Waals surface area contributed by atoms with E-state index in [-0.39, 0.29) is 18.6 Å². The van der Waals surface area contributed by atoms with E-state index >= 15 is 0 Å². The van der Waals surface area contributed by atoms with Gasteiger partial charge in [-0.25, -0.2) is 0 Å². The van der Waals surface area contributed by atoms with Gasteiger partial charge < -0.3 is 10.4 Å². The maximum absolute atomic E-state index is 10.9. The summed E-state index contributed by atoms with van der Waals surface area (Å²) in [7, 11) is 0. The van der Waals surface area contributed by atoms with Gasteiger partial charge in [0.15, 0.2) is 0 Å². The molecule has 0 aromatic carbocycles. The molecular weight excluding hydrogens is 162 g/mol.